The molecule has 9 heteroatoms. The van der Waals surface area contributed by atoms with Gasteiger partial charge in [-0.1, -0.05) is 89.9 Å². The molecule has 0 fully saturated rings. The highest BCUT2D eigenvalue weighted by Gasteiger charge is 2.13. The molecule has 0 bridgehead atoms. The third-order valence-corrected chi connectivity index (χ3v) is 8.17. The van der Waals surface area contributed by atoms with E-state index in [2.05, 4.69) is 0 Å². The monoisotopic (exact) mass is 630 g/mol. The second-order valence-corrected chi connectivity index (χ2v) is 13.1. The SMILES string of the molecule is COC(=O)c1ccc(Cn2cc(-c3ccc(Cl)cc3Cl)nc2/C=C/c2ccc(-c3cccc(CS(C)(=O)=O)c3)cc2)cc1. The van der Waals surface area contributed by atoms with Crippen molar-refractivity contribution in [3.05, 3.63) is 135 Å². The van der Waals surface area contributed by atoms with Crippen LogP contribution in [0.4, 0.5) is 0 Å². The highest BCUT2D eigenvalue weighted by molar-refractivity contribution is 7.89. The van der Waals surface area contributed by atoms with Gasteiger partial charge in [0.15, 0.2) is 9.84 Å². The van der Waals surface area contributed by atoms with Crippen molar-refractivity contribution in [1.82, 2.24) is 9.55 Å². The van der Waals surface area contributed by atoms with E-state index in [1.807, 2.05) is 89.6 Å². The number of ether oxygens (including phenoxy) is 1. The first-order valence-electron chi connectivity index (χ1n) is 13.3. The zero-order valence-corrected chi connectivity index (χ0v) is 25.8. The van der Waals surface area contributed by atoms with Crippen LogP contribution >= 0.6 is 23.2 Å². The van der Waals surface area contributed by atoms with Crippen LogP contribution in [0.1, 0.15) is 32.9 Å². The van der Waals surface area contributed by atoms with Gasteiger partial charge in [0.2, 0.25) is 0 Å². The molecule has 0 unspecified atom stereocenters. The Kier molecular flexibility index (Phi) is 9.16. The van der Waals surface area contributed by atoms with E-state index in [-0.39, 0.29) is 11.7 Å². The lowest BCUT2D eigenvalue weighted by atomic mass is 10.0. The molecule has 5 rings (SSSR count). The molecule has 4 aromatic carbocycles. The van der Waals surface area contributed by atoms with E-state index in [0.29, 0.717) is 27.8 Å². The van der Waals surface area contributed by atoms with Gasteiger partial charge in [0.1, 0.15) is 5.82 Å². The Hall–Kier alpha value is -4.17. The number of carbonyl (C=O) groups excluding carboxylic acids is 1. The molecule has 1 aromatic heterocycles. The number of imidazole rings is 1. The summed E-state index contributed by atoms with van der Waals surface area (Å²) < 4.78 is 30.3. The van der Waals surface area contributed by atoms with E-state index >= 15 is 0 Å². The highest BCUT2D eigenvalue weighted by atomic mass is 35.5. The maximum absolute atomic E-state index is 11.8. The average molecular weight is 632 g/mol. The predicted molar refractivity (Wildman–Crippen MR) is 174 cm³/mol. The quantitative estimate of drug-likeness (QED) is 0.154. The lowest BCUT2D eigenvalue weighted by molar-refractivity contribution is 0.0600. The van der Waals surface area contributed by atoms with Crippen LogP contribution in [-0.4, -0.2) is 37.3 Å². The molecule has 0 saturated carbocycles. The van der Waals surface area contributed by atoms with Gasteiger partial charge in [0, 0.05) is 29.6 Å². The number of aromatic nitrogens is 2. The first kappa shape index (κ1) is 30.3. The van der Waals surface area contributed by atoms with Crippen molar-refractivity contribution in [2.24, 2.45) is 0 Å². The summed E-state index contributed by atoms with van der Waals surface area (Å²) in [5, 5.41) is 1.05. The summed E-state index contributed by atoms with van der Waals surface area (Å²) in [6, 6.07) is 28.2. The fourth-order valence-corrected chi connectivity index (χ4v) is 5.97. The van der Waals surface area contributed by atoms with Crippen LogP contribution < -0.4 is 0 Å². The minimum atomic E-state index is -3.12. The Labute approximate surface area is 261 Å². The van der Waals surface area contributed by atoms with Crippen LogP contribution in [0.2, 0.25) is 10.0 Å². The summed E-state index contributed by atoms with van der Waals surface area (Å²) in [6.45, 7) is 0.516. The number of rotatable bonds is 9. The molecule has 0 aliphatic carbocycles. The molecule has 5 aromatic rings. The van der Waals surface area contributed by atoms with Crippen LogP contribution in [0.15, 0.2) is 97.2 Å². The smallest absolute Gasteiger partial charge is 0.337 e. The molecule has 6 nitrogen and oxygen atoms in total. The number of methoxy groups -OCH3 is 1. The summed E-state index contributed by atoms with van der Waals surface area (Å²) in [6.07, 6.45) is 7.10. The Morgan fingerprint density at radius 1 is 0.884 bits per heavy atom. The fraction of sp³-hybridized carbons (Fsp3) is 0.118. The molecular weight excluding hydrogens is 603 g/mol. The molecule has 1 heterocycles. The molecule has 0 saturated heterocycles. The Morgan fingerprint density at radius 2 is 1.63 bits per heavy atom. The second-order valence-electron chi connectivity index (χ2n) is 10.2. The maximum Gasteiger partial charge on any atom is 0.337 e. The number of carbonyl (C=O) groups is 1. The summed E-state index contributed by atoms with van der Waals surface area (Å²) in [4.78, 5) is 16.7. The molecule has 0 aliphatic heterocycles. The van der Waals surface area contributed by atoms with E-state index in [1.165, 1.54) is 13.4 Å². The van der Waals surface area contributed by atoms with Gasteiger partial charge in [0.05, 0.1) is 29.1 Å². The molecule has 0 aliphatic rings. The number of benzene rings is 4. The van der Waals surface area contributed by atoms with Crippen LogP contribution in [0, 0.1) is 0 Å². The van der Waals surface area contributed by atoms with Crippen molar-refractivity contribution >= 4 is 51.2 Å². The van der Waals surface area contributed by atoms with Crippen molar-refractivity contribution in [2.75, 3.05) is 13.4 Å². The van der Waals surface area contributed by atoms with E-state index in [1.54, 1.807) is 24.3 Å². The van der Waals surface area contributed by atoms with Crippen molar-refractivity contribution in [3.63, 3.8) is 0 Å². The Balaban J connectivity index is 1.42. The van der Waals surface area contributed by atoms with Crippen molar-refractivity contribution in [2.45, 2.75) is 12.3 Å². The lowest BCUT2D eigenvalue weighted by Crippen LogP contribution is -2.03. The Bertz CT molecular complexity index is 1910. The highest BCUT2D eigenvalue weighted by Crippen LogP contribution is 2.31. The van der Waals surface area contributed by atoms with Gasteiger partial charge in [0.25, 0.3) is 0 Å². The molecule has 0 spiro atoms. The zero-order valence-electron chi connectivity index (χ0n) is 23.5. The number of halogens is 2. The van der Waals surface area contributed by atoms with Gasteiger partial charge in [-0.15, -0.1) is 0 Å². The maximum atomic E-state index is 11.8. The van der Waals surface area contributed by atoms with Gasteiger partial charge < -0.3 is 9.30 Å². The van der Waals surface area contributed by atoms with Crippen LogP contribution in [0.5, 0.6) is 0 Å². The number of sulfone groups is 1. The fourth-order valence-electron chi connectivity index (χ4n) is 4.68. The predicted octanol–water partition coefficient (Wildman–Crippen LogP) is 8.07. The van der Waals surface area contributed by atoms with E-state index in [9.17, 15) is 13.2 Å². The molecule has 0 amide bonds. The van der Waals surface area contributed by atoms with Crippen LogP contribution in [0.3, 0.4) is 0 Å². The first-order chi connectivity index (χ1) is 20.6. The molecule has 0 radical (unpaired) electrons. The summed E-state index contributed by atoms with van der Waals surface area (Å²) in [7, 11) is -1.76. The van der Waals surface area contributed by atoms with Crippen LogP contribution in [-0.2, 0) is 26.9 Å². The van der Waals surface area contributed by atoms with E-state index in [4.69, 9.17) is 32.9 Å². The Morgan fingerprint density at radius 3 is 2.30 bits per heavy atom. The number of esters is 1. The van der Waals surface area contributed by atoms with Crippen molar-refractivity contribution in [3.8, 4) is 22.4 Å². The van der Waals surface area contributed by atoms with Gasteiger partial charge >= 0.3 is 5.97 Å². The second kappa shape index (κ2) is 13.0. The van der Waals surface area contributed by atoms with Gasteiger partial charge in [-0.2, -0.15) is 0 Å². The van der Waals surface area contributed by atoms with Gasteiger partial charge in [-0.05, 0) is 64.2 Å². The first-order valence-corrected chi connectivity index (χ1v) is 16.1. The van der Waals surface area contributed by atoms with E-state index < -0.39 is 9.84 Å². The summed E-state index contributed by atoms with van der Waals surface area (Å²) >= 11 is 12.6. The third kappa shape index (κ3) is 7.82. The summed E-state index contributed by atoms with van der Waals surface area (Å²) in [5.74, 6) is 0.341. The topological polar surface area (TPSA) is 78.3 Å². The summed E-state index contributed by atoms with van der Waals surface area (Å²) in [5.41, 5.74) is 6.61. The third-order valence-electron chi connectivity index (χ3n) is 6.77. The zero-order chi connectivity index (χ0) is 30.6. The van der Waals surface area contributed by atoms with Crippen molar-refractivity contribution < 1.29 is 17.9 Å². The number of hydrogen-bond acceptors (Lipinski definition) is 5. The number of hydrogen-bond donors (Lipinski definition) is 0. The van der Waals surface area contributed by atoms with E-state index in [0.717, 1.165) is 39.2 Å². The normalized spacial score (nSPS) is 11.6. The van der Waals surface area contributed by atoms with Crippen molar-refractivity contribution in [1.29, 1.82) is 0 Å². The standard InChI is InChI=1S/C34H28Cl2N2O4S/c1-42-34(39)27-13-8-24(9-14-27)20-38-21-32(30-16-15-29(35)19-31(30)36)37-33(38)17-10-23-6-11-26(12-7-23)28-5-3-4-25(18-28)22-43(2,40)41/h3-19,21H,20,22H2,1-2H3/b17-10+. The average Bonchev–Trinajstić information content (AvgIpc) is 3.37. The minimum absolute atomic E-state index is 0.00690. The largest absolute Gasteiger partial charge is 0.465 e. The molecule has 0 N–H and O–H groups in total. The minimum Gasteiger partial charge on any atom is -0.465 e. The van der Waals surface area contributed by atoms with Crippen LogP contribution in [0.25, 0.3) is 34.5 Å². The molecule has 43 heavy (non-hydrogen) atoms. The van der Waals surface area contributed by atoms with Gasteiger partial charge in [-0.25, -0.2) is 18.2 Å². The molecule has 218 valence electrons. The molecular formula is C34H28Cl2N2O4S. The lowest BCUT2D eigenvalue weighted by Gasteiger charge is -2.07. The molecule has 0 atom stereocenters. The number of nitrogens with zero attached hydrogens (tertiary/aromatic N) is 2. The van der Waals surface area contributed by atoms with Gasteiger partial charge in [-0.3, -0.25) is 0 Å².